The second kappa shape index (κ2) is 5.77. The van der Waals surface area contributed by atoms with Crippen molar-refractivity contribution in [1.29, 1.82) is 0 Å². The number of carboxylic acids is 1. The van der Waals surface area contributed by atoms with Gasteiger partial charge in [0.05, 0.1) is 6.67 Å². The van der Waals surface area contributed by atoms with E-state index < -0.39 is 18.1 Å². The summed E-state index contributed by atoms with van der Waals surface area (Å²) in [6, 6.07) is 7.21. The number of rotatable bonds is 6. The highest BCUT2D eigenvalue weighted by Crippen LogP contribution is 2.29. The van der Waals surface area contributed by atoms with Crippen molar-refractivity contribution in [2.45, 2.75) is 25.2 Å². The van der Waals surface area contributed by atoms with E-state index in [2.05, 4.69) is 0 Å². The normalized spacial score (nSPS) is 14.3. The highest BCUT2D eigenvalue weighted by Gasteiger charge is 2.38. The Bertz CT molecular complexity index is 378. The maximum atomic E-state index is 12.3. The topological polar surface area (TPSA) is 63.3 Å². The largest absolute Gasteiger partial charge is 0.481 e. The molecule has 1 atom stereocenters. The van der Waals surface area contributed by atoms with Crippen LogP contribution >= 0.6 is 0 Å². The van der Waals surface area contributed by atoms with Crippen molar-refractivity contribution in [3.05, 3.63) is 35.4 Å². The monoisotopic (exact) mass is 239 g/mol. The molecule has 0 fully saturated rings. The SMILES string of the molecule is Cc1ccc(C(CN)(CCCF)C(=O)O)cc1. The Balaban J connectivity index is 3.12. The van der Waals surface area contributed by atoms with Gasteiger partial charge in [-0.1, -0.05) is 29.8 Å². The van der Waals surface area contributed by atoms with Crippen LogP contribution < -0.4 is 5.73 Å². The zero-order valence-corrected chi connectivity index (χ0v) is 9.95. The van der Waals surface area contributed by atoms with Gasteiger partial charge in [-0.15, -0.1) is 0 Å². The van der Waals surface area contributed by atoms with Crippen molar-refractivity contribution in [1.82, 2.24) is 0 Å². The number of alkyl halides is 1. The van der Waals surface area contributed by atoms with Crippen molar-refractivity contribution in [2.24, 2.45) is 5.73 Å². The fraction of sp³-hybridized carbons (Fsp3) is 0.462. The van der Waals surface area contributed by atoms with Gasteiger partial charge in [0.25, 0.3) is 0 Å². The van der Waals surface area contributed by atoms with Gasteiger partial charge < -0.3 is 10.8 Å². The average molecular weight is 239 g/mol. The van der Waals surface area contributed by atoms with Crippen LogP contribution in [0.5, 0.6) is 0 Å². The second-order valence-electron chi connectivity index (χ2n) is 4.25. The minimum absolute atomic E-state index is 0.0224. The van der Waals surface area contributed by atoms with Crippen LogP contribution in [0.25, 0.3) is 0 Å². The molecule has 0 aliphatic rings. The van der Waals surface area contributed by atoms with Crippen LogP contribution in [0, 0.1) is 6.92 Å². The molecule has 0 saturated heterocycles. The third kappa shape index (κ3) is 2.82. The van der Waals surface area contributed by atoms with Crippen molar-refractivity contribution >= 4 is 5.97 Å². The average Bonchev–Trinajstić information content (AvgIpc) is 2.32. The van der Waals surface area contributed by atoms with Crippen LogP contribution in [0.2, 0.25) is 0 Å². The van der Waals surface area contributed by atoms with E-state index in [1.165, 1.54) is 0 Å². The van der Waals surface area contributed by atoms with Crippen LogP contribution in [-0.2, 0) is 10.2 Å². The molecule has 1 aromatic rings. The zero-order valence-electron chi connectivity index (χ0n) is 9.95. The number of benzene rings is 1. The molecule has 1 aromatic carbocycles. The maximum Gasteiger partial charge on any atom is 0.315 e. The van der Waals surface area contributed by atoms with E-state index in [1.807, 2.05) is 19.1 Å². The minimum Gasteiger partial charge on any atom is -0.481 e. The van der Waals surface area contributed by atoms with E-state index in [0.717, 1.165) is 5.56 Å². The first-order chi connectivity index (χ1) is 8.06. The molecule has 0 aliphatic heterocycles. The predicted octanol–water partition coefficient (Wildman–Crippen LogP) is 2.03. The number of carboxylic acid groups (broad SMARTS) is 1. The first kappa shape index (κ1) is 13.6. The summed E-state index contributed by atoms with van der Waals surface area (Å²) in [7, 11) is 0. The van der Waals surface area contributed by atoms with Crippen molar-refractivity contribution in [3.63, 3.8) is 0 Å². The van der Waals surface area contributed by atoms with Gasteiger partial charge in [0.2, 0.25) is 0 Å². The van der Waals surface area contributed by atoms with Crippen molar-refractivity contribution in [3.8, 4) is 0 Å². The zero-order chi connectivity index (χ0) is 12.9. The maximum absolute atomic E-state index is 12.3. The fourth-order valence-corrected chi connectivity index (χ4v) is 1.92. The van der Waals surface area contributed by atoms with Crippen molar-refractivity contribution < 1.29 is 14.3 Å². The highest BCUT2D eigenvalue weighted by atomic mass is 19.1. The lowest BCUT2D eigenvalue weighted by atomic mass is 9.76. The van der Waals surface area contributed by atoms with Crippen LogP contribution in [-0.4, -0.2) is 24.3 Å². The summed E-state index contributed by atoms with van der Waals surface area (Å²) in [4.78, 5) is 11.4. The summed E-state index contributed by atoms with van der Waals surface area (Å²) in [5.74, 6) is -0.989. The Morgan fingerprint density at radius 1 is 1.41 bits per heavy atom. The number of halogens is 1. The predicted molar refractivity (Wildman–Crippen MR) is 64.8 cm³/mol. The molecule has 0 radical (unpaired) electrons. The molecule has 3 nitrogen and oxygen atoms in total. The van der Waals surface area contributed by atoms with Crippen LogP contribution in [0.4, 0.5) is 4.39 Å². The van der Waals surface area contributed by atoms with Crippen LogP contribution in [0.1, 0.15) is 24.0 Å². The van der Waals surface area contributed by atoms with Gasteiger partial charge in [0.1, 0.15) is 5.41 Å². The molecule has 3 N–H and O–H groups in total. The smallest absolute Gasteiger partial charge is 0.315 e. The van der Waals surface area contributed by atoms with Crippen LogP contribution in [0.15, 0.2) is 24.3 Å². The molecule has 0 aromatic heterocycles. The molecule has 0 amide bonds. The van der Waals surface area contributed by atoms with Gasteiger partial charge in [-0.3, -0.25) is 9.18 Å². The van der Waals surface area contributed by atoms with E-state index >= 15 is 0 Å². The summed E-state index contributed by atoms with van der Waals surface area (Å²) in [6.07, 6.45) is 0.426. The summed E-state index contributed by atoms with van der Waals surface area (Å²) in [5.41, 5.74) is 6.15. The summed E-state index contributed by atoms with van der Waals surface area (Å²) in [6.45, 7) is 1.38. The lowest BCUT2D eigenvalue weighted by Crippen LogP contribution is -2.43. The van der Waals surface area contributed by atoms with Crippen molar-refractivity contribution in [2.75, 3.05) is 13.2 Å². The van der Waals surface area contributed by atoms with Gasteiger partial charge >= 0.3 is 5.97 Å². The number of carbonyl (C=O) groups is 1. The highest BCUT2D eigenvalue weighted by molar-refractivity contribution is 5.81. The molecule has 94 valence electrons. The van der Waals surface area contributed by atoms with E-state index in [1.54, 1.807) is 12.1 Å². The molecule has 1 rings (SSSR count). The molecule has 0 heterocycles. The molecule has 4 heteroatoms. The first-order valence-electron chi connectivity index (χ1n) is 5.63. The summed E-state index contributed by atoms with van der Waals surface area (Å²) >= 11 is 0. The molecule has 0 bridgehead atoms. The van der Waals surface area contributed by atoms with Gasteiger partial charge in [-0.2, -0.15) is 0 Å². The third-order valence-corrected chi connectivity index (χ3v) is 3.10. The quantitative estimate of drug-likeness (QED) is 0.798. The Kier molecular flexibility index (Phi) is 4.63. The molecule has 0 saturated carbocycles. The van der Waals surface area contributed by atoms with Gasteiger partial charge in [0, 0.05) is 6.54 Å². The molecule has 0 aliphatic carbocycles. The van der Waals surface area contributed by atoms with E-state index in [0.29, 0.717) is 5.56 Å². The van der Waals surface area contributed by atoms with E-state index in [-0.39, 0.29) is 19.4 Å². The lowest BCUT2D eigenvalue weighted by Gasteiger charge is -2.28. The van der Waals surface area contributed by atoms with Gasteiger partial charge in [-0.25, -0.2) is 0 Å². The van der Waals surface area contributed by atoms with Crippen LogP contribution in [0.3, 0.4) is 0 Å². The molecule has 1 unspecified atom stereocenters. The Hall–Kier alpha value is -1.42. The molecule has 17 heavy (non-hydrogen) atoms. The lowest BCUT2D eigenvalue weighted by molar-refractivity contribution is -0.143. The molecular weight excluding hydrogens is 221 g/mol. The first-order valence-corrected chi connectivity index (χ1v) is 5.63. The van der Waals surface area contributed by atoms with Gasteiger partial charge in [-0.05, 0) is 25.3 Å². The molecular formula is C13H18FNO2. The number of hydrogen-bond acceptors (Lipinski definition) is 2. The van der Waals surface area contributed by atoms with E-state index in [9.17, 15) is 14.3 Å². The van der Waals surface area contributed by atoms with Gasteiger partial charge in [0.15, 0.2) is 0 Å². The third-order valence-electron chi connectivity index (χ3n) is 3.10. The number of aliphatic carboxylic acids is 1. The summed E-state index contributed by atoms with van der Waals surface area (Å²) in [5, 5.41) is 9.37. The number of hydrogen-bond donors (Lipinski definition) is 2. The summed E-state index contributed by atoms with van der Waals surface area (Å²) < 4.78 is 12.3. The molecule has 0 spiro atoms. The second-order valence-corrected chi connectivity index (χ2v) is 4.25. The Labute approximate surface area is 100 Å². The Morgan fingerprint density at radius 3 is 2.41 bits per heavy atom. The fourth-order valence-electron chi connectivity index (χ4n) is 1.92. The standard InChI is InChI=1S/C13H18FNO2/c1-10-3-5-11(6-4-10)13(9-15,12(16)17)7-2-8-14/h3-6H,2,7-9,15H2,1H3,(H,16,17). The van der Waals surface area contributed by atoms with E-state index in [4.69, 9.17) is 5.73 Å². The number of nitrogens with two attached hydrogens (primary N) is 1. The minimum atomic E-state index is -1.17. The number of aryl methyl sites for hydroxylation is 1. The Morgan fingerprint density at radius 2 is 2.00 bits per heavy atom.